The predicted octanol–water partition coefficient (Wildman–Crippen LogP) is 3.41. The van der Waals surface area contributed by atoms with E-state index in [-0.39, 0.29) is 4.90 Å². The van der Waals surface area contributed by atoms with Gasteiger partial charge in [-0.25, -0.2) is 8.42 Å². The largest absolute Gasteiger partial charge is 0.263 e. The number of hydrogen-bond donors (Lipinski definition) is 1. The number of anilines is 1. The Hall–Kier alpha value is -1.47. The number of sulfonamides is 1. The molecule has 1 N–H and O–H groups in total. The second-order valence-corrected chi connectivity index (χ2v) is 7.82. The fourth-order valence-corrected chi connectivity index (χ4v) is 3.89. The maximum Gasteiger partial charge on any atom is 0.263 e. The number of aromatic nitrogens is 2. The minimum absolute atomic E-state index is 0.235. The lowest BCUT2D eigenvalue weighted by molar-refractivity contribution is 0.601. The zero-order valence-corrected chi connectivity index (χ0v) is 14.0. The van der Waals surface area contributed by atoms with E-state index < -0.39 is 10.0 Å². The van der Waals surface area contributed by atoms with Gasteiger partial charge in [0.1, 0.15) is 5.01 Å². The molecular formula is C14H19N3O2S2. The summed E-state index contributed by atoms with van der Waals surface area (Å²) in [5.74, 6) is 0.370. The van der Waals surface area contributed by atoms with E-state index in [1.165, 1.54) is 11.3 Å². The molecule has 0 aliphatic rings. The lowest BCUT2D eigenvalue weighted by Gasteiger charge is -2.08. The summed E-state index contributed by atoms with van der Waals surface area (Å²) in [6, 6.07) is 6.90. The van der Waals surface area contributed by atoms with Gasteiger partial charge in [-0.05, 0) is 30.0 Å². The number of hydrogen-bond acceptors (Lipinski definition) is 5. The third-order valence-corrected chi connectivity index (χ3v) is 5.39. The molecule has 2 rings (SSSR count). The summed E-state index contributed by atoms with van der Waals surface area (Å²) in [5.41, 5.74) is 1.11. The Morgan fingerprint density at radius 3 is 2.43 bits per heavy atom. The van der Waals surface area contributed by atoms with Crippen molar-refractivity contribution >= 4 is 26.5 Å². The van der Waals surface area contributed by atoms with Crippen molar-refractivity contribution in [1.29, 1.82) is 0 Å². The zero-order valence-electron chi connectivity index (χ0n) is 12.3. The molecule has 1 aromatic carbocycles. The molecule has 0 aliphatic carbocycles. The lowest BCUT2D eigenvalue weighted by atomic mass is 10.0. The van der Waals surface area contributed by atoms with Crippen LogP contribution in [0.15, 0.2) is 29.2 Å². The molecule has 0 atom stereocenters. The van der Waals surface area contributed by atoms with E-state index in [1.54, 1.807) is 12.1 Å². The number of nitrogens with one attached hydrogen (secondary N) is 1. The van der Waals surface area contributed by atoms with Gasteiger partial charge in [0.15, 0.2) is 0 Å². The van der Waals surface area contributed by atoms with E-state index in [0.29, 0.717) is 11.0 Å². The molecule has 0 spiro atoms. The fraction of sp³-hybridized carbons (Fsp3) is 0.429. The van der Waals surface area contributed by atoms with Gasteiger partial charge in [-0.15, -0.1) is 10.2 Å². The van der Waals surface area contributed by atoms with Crippen molar-refractivity contribution in [3.05, 3.63) is 34.8 Å². The highest BCUT2D eigenvalue weighted by Crippen LogP contribution is 2.22. The van der Waals surface area contributed by atoms with Crippen LogP contribution in [0.2, 0.25) is 0 Å². The number of nitrogens with zero attached hydrogens (tertiary/aromatic N) is 2. The van der Waals surface area contributed by atoms with Crippen LogP contribution in [0.25, 0.3) is 0 Å². The average molecular weight is 325 g/mol. The van der Waals surface area contributed by atoms with Gasteiger partial charge in [0.25, 0.3) is 10.0 Å². The van der Waals surface area contributed by atoms with E-state index in [1.807, 2.05) is 19.1 Å². The highest BCUT2D eigenvalue weighted by molar-refractivity contribution is 7.93. The van der Waals surface area contributed by atoms with Crippen molar-refractivity contribution in [2.24, 2.45) is 0 Å². The quantitative estimate of drug-likeness (QED) is 0.883. The molecule has 114 valence electrons. The van der Waals surface area contributed by atoms with Gasteiger partial charge in [-0.3, -0.25) is 4.72 Å². The van der Waals surface area contributed by atoms with Gasteiger partial charge in [-0.1, -0.05) is 44.2 Å². The molecule has 7 heteroatoms. The van der Waals surface area contributed by atoms with Crippen LogP contribution in [0.3, 0.4) is 0 Å². The molecule has 0 fully saturated rings. The monoisotopic (exact) mass is 325 g/mol. The van der Waals surface area contributed by atoms with Crippen LogP contribution in [0, 0.1) is 0 Å². The van der Waals surface area contributed by atoms with Crippen LogP contribution in [0.1, 0.15) is 43.7 Å². The van der Waals surface area contributed by atoms with E-state index in [0.717, 1.165) is 23.4 Å². The van der Waals surface area contributed by atoms with Gasteiger partial charge in [0.2, 0.25) is 5.13 Å². The molecule has 0 saturated heterocycles. The van der Waals surface area contributed by atoms with E-state index in [9.17, 15) is 8.42 Å². The molecule has 5 nitrogen and oxygen atoms in total. The van der Waals surface area contributed by atoms with E-state index in [4.69, 9.17) is 0 Å². The van der Waals surface area contributed by atoms with Crippen LogP contribution in [0.5, 0.6) is 0 Å². The van der Waals surface area contributed by atoms with Crippen LogP contribution < -0.4 is 4.72 Å². The Kier molecular flexibility index (Phi) is 4.95. The second-order valence-electron chi connectivity index (χ2n) is 5.08. The van der Waals surface area contributed by atoms with Crippen molar-refractivity contribution in [3.63, 3.8) is 0 Å². The topological polar surface area (TPSA) is 72.0 Å². The average Bonchev–Trinajstić information content (AvgIpc) is 2.86. The summed E-state index contributed by atoms with van der Waals surface area (Å²) >= 11 is 1.27. The number of aryl methyl sites for hydroxylation is 1. The van der Waals surface area contributed by atoms with Crippen molar-refractivity contribution < 1.29 is 8.42 Å². The van der Waals surface area contributed by atoms with Crippen LogP contribution in [-0.4, -0.2) is 18.6 Å². The summed E-state index contributed by atoms with van der Waals surface area (Å²) < 4.78 is 27.0. The summed E-state index contributed by atoms with van der Waals surface area (Å²) in [6.45, 7) is 6.18. The third-order valence-electron chi connectivity index (χ3n) is 3.01. The first-order valence-electron chi connectivity index (χ1n) is 6.87. The predicted molar refractivity (Wildman–Crippen MR) is 85.2 cm³/mol. The van der Waals surface area contributed by atoms with Crippen LogP contribution >= 0.6 is 11.3 Å². The Bertz CT molecular complexity index is 691. The second kappa shape index (κ2) is 6.53. The lowest BCUT2D eigenvalue weighted by Crippen LogP contribution is -2.12. The molecule has 2 aromatic rings. The van der Waals surface area contributed by atoms with Crippen molar-refractivity contribution in [1.82, 2.24) is 10.2 Å². The Morgan fingerprint density at radius 2 is 1.86 bits per heavy atom. The Balaban J connectivity index is 2.17. The molecule has 0 unspecified atom stereocenters. The first kappa shape index (κ1) is 15.9. The molecule has 1 heterocycles. The molecule has 0 saturated carbocycles. The maximum absolute atomic E-state index is 12.3. The highest BCUT2D eigenvalue weighted by Gasteiger charge is 2.17. The Morgan fingerprint density at radius 1 is 1.19 bits per heavy atom. The van der Waals surface area contributed by atoms with Crippen LogP contribution in [0.4, 0.5) is 5.13 Å². The molecule has 1 aromatic heterocycles. The first-order valence-corrected chi connectivity index (χ1v) is 9.17. The van der Waals surface area contributed by atoms with Gasteiger partial charge >= 0.3 is 0 Å². The van der Waals surface area contributed by atoms with Crippen molar-refractivity contribution in [3.8, 4) is 0 Å². The highest BCUT2D eigenvalue weighted by atomic mass is 32.2. The summed E-state index contributed by atoms with van der Waals surface area (Å²) in [6.07, 6.45) is 1.76. The normalized spacial score (nSPS) is 11.8. The van der Waals surface area contributed by atoms with Crippen molar-refractivity contribution in [2.45, 2.75) is 44.4 Å². The van der Waals surface area contributed by atoms with Gasteiger partial charge < -0.3 is 0 Å². The minimum atomic E-state index is -3.60. The van der Waals surface area contributed by atoms with Gasteiger partial charge in [0, 0.05) is 6.42 Å². The summed E-state index contributed by atoms with van der Waals surface area (Å²) in [7, 11) is -3.60. The SMILES string of the molecule is CCCc1nnc(NS(=O)(=O)c2ccc(C(C)C)cc2)s1. The molecular weight excluding hydrogens is 306 g/mol. The van der Waals surface area contributed by atoms with E-state index >= 15 is 0 Å². The maximum atomic E-state index is 12.3. The van der Waals surface area contributed by atoms with Crippen molar-refractivity contribution in [2.75, 3.05) is 4.72 Å². The number of rotatable bonds is 6. The zero-order chi connectivity index (χ0) is 15.5. The van der Waals surface area contributed by atoms with Gasteiger partial charge in [-0.2, -0.15) is 0 Å². The van der Waals surface area contributed by atoms with Crippen LogP contribution in [-0.2, 0) is 16.4 Å². The standard InChI is InChI=1S/C14H19N3O2S2/c1-4-5-13-15-16-14(20-13)17-21(18,19)12-8-6-11(7-9-12)10(2)3/h6-10H,4-5H2,1-3H3,(H,16,17). The van der Waals surface area contributed by atoms with Gasteiger partial charge in [0.05, 0.1) is 4.90 Å². The van der Waals surface area contributed by atoms with E-state index in [2.05, 4.69) is 28.8 Å². The number of benzene rings is 1. The molecule has 0 bridgehead atoms. The molecule has 0 amide bonds. The minimum Gasteiger partial charge on any atom is -0.253 e. The summed E-state index contributed by atoms with van der Waals surface area (Å²) in [4.78, 5) is 0.235. The molecule has 0 radical (unpaired) electrons. The molecule has 0 aliphatic heterocycles. The third kappa shape index (κ3) is 4.01. The molecule has 21 heavy (non-hydrogen) atoms. The fourth-order valence-electron chi connectivity index (χ4n) is 1.82. The summed E-state index contributed by atoms with van der Waals surface area (Å²) in [5, 5.41) is 8.98. The Labute approximate surface area is 129 Å². The first-order chi connectivity index (χ1) is 9.92. The smallest absolute Gasteiger partial charge is 0.253 e.